The van der Waals surface area contributed by atoms with Crippen molar-refractivity contribution in [2.75, 3.05) is 24.6 Å². The molecular weight excluding hydrogens is 390 g/mol. The largest absolute Gasteiger partial charge is 0.370 e. The Hall–Kier alpha value is -1.000. The molecule has 9 heteroatoms. The molecule has 6 nitrogen and oxygen atoms in total. The van der Waals surface area contributed by atoms with E-state index in [0.717, 1.165) is 21.4 Å². The number of rotatable bonds is 3. The number of morpholine rings is 1. The number of nitrogens with zero attached hydrogens (tertiary/aromatic N) is 2. The van der Waals surface area contributed by atoms with E-state index >= 15 is 0 Å². The Kier molecular flexibility index (Phi) is 4.51. The van der Waals surface area contributed by atoms with E-state index in [1.807, 2.05) is 29.2 Å². The molecule has 1 aliphatic heterocycles. The van der Waals surface area contributed by atoms with Crippen molar-refractivity contribution in [1.29, 1.82) is 0 Å². The van der Waals surface area contributed by atoms with Crippen molar-refractivity contribution in [2.24, 2.45) is 5.14 Å². The van der Waals surface area contributed by atoms with Crippen LogP contribution in [0.15, 0.2) is 39.1 Å². The summed E-state index contributed by atoms with van der Waals surface area (Å²) >= 11 is 4.61. The lowest BCUT2D eigenvalue weighted by Gasteiger charge is -2.33. The molecule has 0 amide bonds. The van der Waals surface area contributed by atoms with Crippen molar-refractivity contribution < 1.29 is 13.2 Å². The van der Waals surface area contributed by atoms with Crippen LogP contribution in [0.4, 0.5) is 5.13 Å². The summed E-state index contributed by atoms with van der Waals surface area (Å²) in [4.78, 5) is 6.20. The number of halogens is 1. The highest BCUT2D eigenvalue weighted by molar-refractivity contribution is 9.10. The van der Waals surface area contributed by atoms with E-state index in [4.69, 9.17) is 9.88 Å². The molecule has 1 aromatic carbocycles. The Labute approximate surface area is 141 Å². The van der Waals surface area contributed by atoms with Crippen LogP contribution in [0, 0.1) is 0 Å². The monoisotopic (exact) mass is 403 g/mol. The molecule has 3 rings (SSSR count). The number of sulfonamides is 1. The Morgan fingerprint density at radius 2 is 2.18 bits per heavy atom. The molecule has 1 saturated heterocycles. The minimum absolute atomic E-state index is 0.0754. The van der Waals surface area contributed by atoms with E-state index in [9.17, 15) is 8.42 Å². The number of aromatic nitrogens is 1. The second-order valence-electron chi connectivity index (χ2n) is 4.83. The molecule has 1 atom stereocenters. The van der Waals surface area contributed by atoms with Crippen molar-refractivity contribution in [2.45, 2.75) is 10.3 Å². The third-order valence-corrected chi connectivity index (χ3v) is 6.53. The van der Waals surface area contributed by atoms with Gasteiger partial charge in [-0.3, -0.25) is 0 Å². The highest BCUT2D eigenvalue weighted by Crippen LogP contribution is 2.32. The van der Waals surface area contributed by atoms with E-state index < -0.39 is 10.0 Å². The zero-order valence-corrected chi connectivity index (χ0v) is 14.7. The molecule has 0 aliphatic carbocycles. The maximum absolute atomic E-state index is 11.4. The normalized spacial score (nSPS) is 19.4. The Balaban J connectivity index is 1.82. The van der Waals surface area contributed by atoms with Crippen molar-refractivity contribution in [1.82, 2.24) is 4.98 Å². The van der Waals surface area contributed by atoms with Gasteiger partial charge in [-0.1, -0.05) is 45.5 Å². The number of hydrogen-bond donors (Lipinski definition) is 1. The maximum atomic E-state index is 11.4. The van der Waals surface area contributed by atoms with Crippen LogP contribution >= 0.6 is 27.3 Å². The number of primary sulfonamides is 1. The van der Waals surface area contributed by atoms with Gasteiger partial charge in [0, 0.05) is 11.0 Å². The second-order valence-corrected chi connectivity index (χ2v) is 8.49. The number of hydrogen-bond acceptors (Lipinski definition) is 6. The highest BCUT2D eigenvalue weighted by atomic mass is 79.9. The van der Waals surface area contributed by atoms with Crippen molar-refractivity contribution in [3.05, 3.63) is 40.5 Å². The molecule has 1 fully saturated rings. The van der Waals surface area contributed by atoms with Crippen LogP contribution < -0.4 is 10.0 Å². The van der Waals surface area contributed by atoms with Gasteiger partial charge in [-0.25, -0.2) is 18.5 Å². The first-order chi connectivity index (χ1) is 10.4. The molecule has 1 aliphatic rings. The van der Waals surface area contributed by atoms with Gasteiger partial charge in [0.2, 0.25) is 10.0 Å². The lowest BCUT2D eigenvalue weighted by Crippen LogP contribution is -2.38. The summed E-state index contributed by atoms with van der Waals surface area (Å²) in [5.74, 6) is 0. The molecule has 118 valence electrons. The number of anilines is 1. The molecule has 0 bridgehead atoms. The SMILES string of the molecule is NS(=O)(=O)c1cnc(N2CCO[C@@H](c3ccccc3Br)C2)s1. The summed E-state index contributed by atoms with van der Waals surface area (Å²) in [6.07, 6.45) is 1.21. The topological polar surface area (TPSA) is 85.5 Å². The summed E-state index contributed by atoms with van der Waals surface area (Å²) < 4.78 is 29.6. The van der Waals surface area contributed by atoms with Crippen LogP contribution in [0.3, 0.4) is 0 Å². The van der Waals surface area contributed by atoms with Crippen molar-refractivity contribution in [3.63, 3.8) is 0 Å². The third-order valence-electron chi connectivity index (χ3n) is 3.34. The molecule has 2 N–H and O–H groups in total. The number of ether oxygens (including phenoxy) is 1. The first-order valence-corrected chi connectivity index (χ1v) is 9.70. The summed E-state index contributed by atoms with van der Waals surface area (Å²) in [7, 11) is -3.70. The van der Waals surface area contributed by atoms with Crippen LogP contribution in [0.1, 0.15) is 11.7 Å². The molecule has 0 unspecified atom stereocenters. The summed E-state index contributed by atoms with van der Waals surface area (Å²) in [5, 5.41) is 5.77. The van der Waals surface area contributed by atoms with Gasteiger partial charge in [-0.15, -0.1) is 0 Å². The van der Waals surface area contributed by atoms with Gasteiger partial charge in [0.1, 0.15) is 6.10 Å². The summed E-state index contributed by atoms with van der Waals surface area (Å²) in [6, 6.07) is 7.90. The number of thiazole rings is 1. The summed E-state index contributed by atoms with van der Waals surface area (Å²) in [6.45, 7) is 1.83. The van der Waals surface area contributed by atoms with Crippen LogP contribution in [0.5, 0.6) is 0 Å². The van der Waals surface area contributed by atoms with Gasteiger partial charge in [-0.05, 0) is 11.6 Å². The molecule has 2 aromatic rings. The molecular formula is C13H14BrN3O3S2. The quantitative estimate of drug-likeness (QED) is 0.847. The smallest absolute Gasteiger partial charge is 0.249 e. The Morgan fingerprint density at radius 3 is 2.86 bits per heavy atom. The third kappa shape index (κ3) is 3.33. The van der Waals surface area contributed by atoms with Crippen molar-refractivity contribution >= 4 is 42.4 Å². The van der Waals surface area contributed by atoms with E-state index in [-0.39, 0.29) is 10.3 Å². The van der Waals surface area contributed by atoms with Crippen LogP contribution in [-0.4, -0.2) is 33.1 Å². The Morgan fingerprint density at radius 1 is 1.41 bits per heavy atom. The zero-order valence-electron chi connectivity index (χ0n) is 11.5. The van der Waals surface area contributed by atoms with Crippen LogP contribution in [0.2, 0.25) is 0 Å². The summed E-state index contributed by atoms with van der Waals surface area (Å²) in [5.41, 5.74) is 1.07. The average Bonchev–Trinajstić information content (AvgIpc) is 2.98. The highest BCUT2D eigenvalue weighted by Gasteiger charge is 2.26. The first-order valence-electron chi connectivity index (χ1n) is 6.55. The second kappa shape index (κ2) is 6.25. The molecule has 2 heterocycles. The van der Waals surface area contributed by atoms with Crippen molar-refractivity contribution in [3.8, 4) is 0 Å². The lowest BCUT2D eigenvalue weighted by atomic mass is 10.1. The lowest BCUT2D eigenvalue weighted by molar-refractivity contribution is 0.0393. The minimum Gasteiger partial charge on any atom is -0.370 e. The minimum atomic E-state index is -3.70. The maximum Gasteiger partial charge on any atom is 0.249 e. The number of benzene rings is 1. The van der Waals surface area contributed by atoms with E-state index in [1.54, 1.807) is 0 Å². The molecule has 22 heavy (non-hydrogen) atoms. The van der Waals surface area contributed by atoms with Gasteiger partial charge in [-0.2, -0.15) is 0 Å². The van der Waals surface area contributed by atoms with E-state index in [2.05, 4.69) is 20.9 Å². The first kappa shape index (κ1) is 15.9. The molecule has 1 aromatic heterocycles. The zero-order chi connectivity index (χ0) is 15.7. The average molecular weight is 404 g/mol. The fraction of sp³-hybridized carbons (Fsp3) is 0.308. The molecule has 0 radical (unpaired) electrons. The predicted molar refractivity (Wildman–Crippen MR) is 88.5 cm³/mol. The van der Waals surface area contributed by atoms with E-state index in [0.29, 0.717) is 24.8 Å². The van der Waals surface area contributed by atoms with Gasteiger partial charge in [0.15, 0.2) is 9.34 Å². The van der Waals surface area contributed by atoms with Gasteiger partial charge in [0.05, 0.1) is 19.3 Å². The van der Waals surface area contributed by atoms with Gasteiger partial charge < -0.3 is 9.64 Å². The predicted octanol–water partition coefficient (Wildman–Crippen LogP) is 2.13. The Bertz CT molecular complexity index is 778. The standard InChI is InChI=1S/C13H14BrN3O3S2/c14-10-4-2-1-3-9(10)11-8-17(5-6-20-11)13-16-7-12(21-13)22(15,18)19/h1-4,7,11H,5-6,8H2,(H2,15,18,19)/t11-/m1/s1. The van der Waals surface area contributed by atoms with E-state index in [1.165, 1.54) is 6.20 Å². The number of nitrogens with two attached hydrogens (primary N) is 1. The van der Waals surface area contributed by atoms with Crippen LogP contribution in [0.25, 0.3) is 0 Å². The fourth-order valence-electron chi connectivity index (χ4n) is 2.28. The molecule has 0 spiro atoms. The molecule has 0 saturated carbocycles. The fourth-order valence-corrected chi connectivity index (χ4v) is 4.39. The van der Waals surface area contributed by atoms with Gasteiger partial charge >= 0.3 is 0 Å². The van der Waals surface area contributed by atoms with Crippen LogP contribution in [-0.2, 0) is 14.8 Å². The van der Waals surface area contributed by atoms with Gasteiger partial charge in [0.25, 0.3) is 0 Å².